The van der Waals surface area contributed by atoms with Gasteiger partial charge in [0.2, 0.25) is 5.91 Å². The Balaban J connectivity index is 1.41. The number of anilines is 1. The Morgan fingerprint density at radius 1 is 1.19 bits per heavy atom. The predicted octanol–water partition coefficient (Wildman–Crippen LogP) is 3.66. The van der Waals surface area contributed by atoms with E-state index in [0.717, 1.165) is 43.6 Å². The molecule has 5 heteroatoms. The first-order chi connectivity index (χ1) is 12.6. The van der Waals surface area contributed by atoms with Crippen LogP contribution in [-0.2, 0) is 4.79 Å². The molecule has 0 saturated carbocycles. The standard InChI is InChI=1S/C21H25N3O2/c1-16-4-2-6-19(14-16)23-20(25)8-7-17-9-12-24(13-10-17)21(26)18-5-3-11-22-15-18/h2-6,11,14-15,17H,7-10,12-13H2,1H3,(H,23,25). The highest BCUT2D eigenvalue weighted by Crippen LogP contribution is 2.23. The number of rotatable bonds is 5. The molecular formula is C21H25N3O2. The van der Waals surface area contributed by atoms with E-state index in [4.69, 9.17) is 0 Å². The highest BCUT2D eigenvalue weighted by atomic mass is 16.2. The van der Waals surface area contributed by atoms with E-state index in [0.29, 0.717) is 17.9 Å². The summed E-state index contributed by atoms with van der Waals surface area (Å²) in [7, 11) is 0. The van der Waals surface area contributed by atoms with Crippen LogP contribution in [0.2, 0.25) is 0 Å². The molecule has 1 aromatic carbocycles. The van der Waals surface area contributed by atoms with E-state index in [2.05, 4.69) is 10.3 Å². The van der Waals surface area contributed by atoms with Crippen molar-refractivity contribution in [3.63, 3.8) is 0 Å². The number of hydrogen-bond donors (Lipinski definition) is 1. The van der Waals surface area contributed by atoms with Gasteiger partial charge in [-0.3, -0.25) is 14.6 Å². The van der Waals surface area contributed by atoms with Gasteiger partial charge in [-0.2, -0.15) is 0 Å². The number of hydrogen-bond acceptors (Lipinski definition) is 3. The molecule has 26 heavy (non-hydrogen) atoms. The molecule has 1 saturated heterocycles. The number of likely N-dealkylation sites (tertiary alicyclic amines) is 1. The van der Waals surface area contributed by atoms with Crippen LogP contribution in [0.3, 0.4) is 0 Å². The Hall–Kier alpha value is -2.69. The quantitative estimate of drug-likeness (QED) is 0.894. The molecule has 1 aromatic heterocycles. The van der Waals surface area contributed by atoms with Crippen LogP contribution in [-0.4, -0.2) is 34.8 Å². The zero-order valence-electron chi connectivity index (χ0n) is 15.1. The highest BCUT2D eigenvalue weighted by Gasteiger charge is 2.24. The lowest BCUT2D eigenvalue weighted by molar-refractivity contribution is -0.116. The Morgan fingerprint density at radius 3 is 2.69 bits per heavy atom. The fourth-order valence-electron chi connectivity index (χ4n) is 3.38. The van der Waals surface area contributed by atoms with Gasteiger partial charge in [0.1, 0.15) is 0 Å². The van der Waals surface area contributed by atoms with Crippen LogP contribution < -0.4 is 5.32 Å². The summed E-state index contributed by atoms with van der Waals surface area (Å²) in [6, 6.07) is 11.4. The Labute approximate surface area is 154 Å². The molecule has 0 radical (unpaired) electrons. The zero-order chi connectivity index (χ0) is 18.4. The van der Waals surface area contributed by atoms with Crippen molar-refractivity contribution in [1.29, 1.82) is 0 Å². The van der Waals surface area contributed by atoms with Gasteiger partial charge < -0.3 is 10.2 Å². The number of nitrogens with one attached hydrogen (secondary N) is 1. The van der Waals surface area contributed by atoms with Crippen molar-refractivity contribution in [2.24, 2.45) is 5.92 Å². The molecule has 0 unspecified atom stereocenters. The molecule has 136 valence electrons. The smallest absolute Gasteiger partial charge is 0.255 e. The number of aryl methyl sites for hydroxylation is 1. The van der Waals surface area contributed by atoms with Crippen LogP contribution in [0.1, 0.15) is 41.6 Å². The van der Waals surface area contributed by atoms with E-state index in [1.54, 1.807) is 24.5 Å². The second kappa shape index (κ2) is 8.61. The minimum Gasteiger partial charge on any atom is -0.339 e. The van der Waals surface area contributed by atoms with Crippen LogP contribution >= 0.6 is 0 Å². The van der Waals surface area contributed by atoms with Gasteiger partial charge in [0.15, 0.2) is 0 Å². The Kier molecular flexibility index (Phi) is 6.00. The summed E-state index contributed by atoms with van der Waals surface area (Å²) < 4.78 is 0. The number of piperidine rings is 1. The van der Waals surface area contributed by atoms with Gasteiger partial charge in [-0.25, -0.2) is 0 Å². The molecule has 0 spiro atoms. The van der Waals surface area contributed by atoms with Gasteiger partial charge in [0.05, 0.1) is 5.56 Å². The first-order valence-corrected chi connectivity index (χ1v) is 9.17. The summed E-state index contributed by atoms with van der Waals surface area (Å²) >= 11 is 0. The van der Waals surface area contributed by atoms with Crippen molar-refractivity contribution in [2.45, 2.75) is 32.6 Å². The largest absolute Gasteiger partial charge is 0.339 e. The average Bonchev–Trinajstić information content (AvgIpc) is 2.67. The molecule has 1 N–H and O–H groups in total. The third kappa shape index (κ3) is 4.91. The number of nitrogens with zero attached hydrogens (tertiary/aromatic N) is 2. The van der Waals surface area contributed by atoms with Crippen LogP contribution in [0.5, 0.6) is 0 Å². The number of benzene rings is 1. The fraction of sp³-hybridized carbons (Fsp3) is 0.381. The summed E-state index contributed by atoms with van der Waals surface area (Å²) in [5.41, 5.74) is 2.63. The lowest BCUT2D eigenvalue weighted by atomic mass is 9.91. The third-order valence-corrected chi connectivity index (χ3v) is 4.89. The number of carbonyl (C=O) groups is 2. The first-order valence-electron chi connectivity index (χ1n) is 9.17. The highest BCUT2D eigenvalue weighted by molar-refractivity contribution is 5.94. The minimum absolute atomic E-state index is 0.0498. The maximum Gasteiger partial charge on any atom is 0.255 e. The van der Waals surface area contributed by atoms with Crippen molar-refractivity contribution >= 4 is 17.5 Å². The van der Waals surface area contributed by atoms with Gasteiger partial charge in [-0.1, -0.05) is 12.1 Å². The molecule has 2 aromatic rings. The van der Waals surface area contributed by atoms with Crippen LogP contribution in [0.15, 0.2) is 48.8 Å². The monoisotopic (exact) mass is 351 g/mol. The van der Waals surface area contributed by atoms with Gasteiger partial charge in [-0.15, -0.1) is 0 Å². The van der Waals surface area contributed by atoms with Crippen LogP contribution in [0.4, 0.5) is 5.69 Å². The summed E-state index contributed by atoms with van der Waals surface area (Å²) in [5, 5.41) is 2.96. The molecule has 0 bridgehead atoms. The number of amides is 2. The van der Waals surface area contributed by atoms with E-state index in [1.807, 2.05) is 36.1 Å². The van der Waals surface area contributed by atoms with Crippen molar-refractivity contribution in [2.75, 3.05) is 18.4 Å². The molecule has 1 fully saturated rings. The molecule has 0 atom stereocenters. The van der Waals surface area contributed by atoms with Gasteiger partial charge >= 0.3 is 0 Å². The molecule has 2 amide bonds. The van der Waals surface area contributed by atoms with Gasteiger partial charge in [-0.05, 0) is 61.9 Å². The maximum absolute atomic E-state index is 12.4. The molecule has 2 heterocycles. The summed E-state index contributed by atoms with van der Waals surface area (Å²) in [4.78, 5) is 30.5. The Bertz CT molecular complexity index is 753. The lowest BCUT2D eigenvalue weighted by Gasteiger charge is -2.32. The van der Waals surface area contributed by atoms with Crippen LogP contribution in [0, 0.1) is 12.8 Å². The third-order valence-electron chi connectivity index (χ3n) is 4.89. The lowest BCUT2D eigenvalue weighted by Crippen LogP contribution is -2.38. The number of carbonyl (C=O) groups excluding carboxylic acids is 2. The molecule has 0 aliphatic carbocycles. The van der Waals surface area contributed by atoms with E-state index >= 15 is 0 Å². The second-order valence-corrected chi connectivity index (χ2v) is 6.93. The van der Waals surface area contributed by atoms with Crippen molar-refractivity contribution in [3.8, 4) is 0 Å². The van der Waals surface area contributed by atoms with Gasteiger partial charge in [0.25, 0.3) is 5.91 Å². The fourth-order valence-corrected chi connectivity index (χ4v) is 3.38. The molecule has 1 aliphatic heterocycles. The predicted molar refractivity (Wildman–Crippen MR) is 102 cm³/mol. The maximum atomic E-state index is 12.4. The zero-order valence-corrected chi connectivity index (χ0v) is 15.1. The molecule has 1 aliphatic rings. The summed E-state index contributed by atoms with van der Waals surface area (Å²) in [6.45, 7) is 3.51. The van der Waals surface area contributed by atoms with Crippen molar-refractivity contribution < 1.29 is 9.59 Å². The van der Waals surface area contributed by atoms with Crippen molar-refractivity contribution in [1.82, 2.24) is 9.88 Å². The molecule has 3 rings (SSSR count). The Morgan fingerprint density at radius 2 is 2.00 bits per heavy atom. The SMILES string of the molecule is Cc1cccc(NC(=O)CCC2CCN(C(=O)c3cccnc3)CC2)c1. The van der Waals surface area contributed by atoms with E-state index in [-0.39, 0.29) is 11.8 Å². The number of aromatic nitrogens is 1. The summed E-state index contributed by atoms with van der Waals surface area (Å²) in [5.74, 6) is 0.606. The van der Waals surface area contributed by atoms with Crippen LogP contribution in [0.25, 0.3) is 0 Å². The summed E-state index contributed by atoms with van der Waals surface area (Å²) in [6.07, 6.45) is 6.57. The van der Waals surface area contributed by atoms with Crippen molar-refractivity contribution in [3.05, 3.63) is 59.9 Å². The molecular weight excluding hydrogens is 326 g/mol. The van der Waals surface area contributed by atoms with E-state index in [9.17, 15) is 9.59 Å². The molecule has 5 nitrogen and oxygen atoms in total. The second-order valence-electron chi connectivity index (χ2n) is 6.93. The van der Waals surface area contributed by atoms with E-state index in [1.165, 1.54) is 0 Å². The first kappa shape index (κ1) is 18.1. The topological polar surface area (TPSA) is 62.3 Å². The minimum atomic E-state index is 0.0498. The number of pyridine rings is 1. The van der Waals surface area contributed by atoms with Gasteiger partial charge in [0, 0.05) is 37.6 Å². The van der Waals surface area contributed by atoms with E-state index < -0.39 is 0 Å². The normalized spacial score (nSPS) is 14.9. The average molecular weight is 351 g/mol.